The van der Waals surface area contributed by atoms with Crippen LogP contribution >= 0.6 is 0 Å². The fourth-order valence-corrected chi connectivity index (χ4v) is 6.20. The summed E-state index contributed by atoms with van der Waals surface area (Å²) in [6.45, 7) is 12.8. The largest absolute Gasteiger partial charge is 0.404 e. The van der Waals surface area contributed by atoms with Gasteiger partial charge in [0.2, 0.25) is 11.8 Å². The van der Waals surface area contributed by atoms with Crippen LogP contribution in [0, 0.1) is 0 Å². The minimum atomic E-state index is -0.500. The van der Waals surface area contributed by atoms with Gasteiger partial charge in [-0.3, -0.25) is 43.7 Å². The van der Waals surface area contributed by atoms with E-state index in [1.807, 2.05) is 13.8 Å². The second-order valence-electron chi connectivity index (χ2n) is 15.4. The van der Waals surface area contributed by atoms with Crippen LogP contribution in [0.15, 0.2) is 46.2 Å². The molecule has 25 heteroatoms. The molecule has 0 fully saturated rings. The van der Waals surface area contributed by atoms with E-state index in [2.05, 4.69) is 25.6 Å². The van der Waals surface area contributed by atoms with Crippen LogP contribution in [0.3, 0.4) is 0 Å². The second kappa shape index (κ2) is 39.9. The van der Waals surface area contributed by atoms with Gasteiger partial charge in [-0.25, -0.2) is 10.1 Å². The van der Waals surface area contributed by atoms with E-state index in [1.54, 1.807) is 18.3 Å². The predicted octanol–water partition coefficient (Wildman–Crippen LogP) is -0.259. The zero-order valence-electron chi connectivity index (χ0n) is 42.3. The molecule has 1 aromatic heterocycles. The van der Waals surface area contributed by atoms with Gasteiger partial charge >= 0.3 is 0 Å². The van der Waals surface area contributed by atoms with E-state index in [-0.39, 0.29) is 50.3 Å². The van der Waals surface area contributed by atoms with Crippen molar-refractivity contribution in [3.05, 3.63) is 47.4 Å². The first-order valence-electron chi connectivity index (χ1n) is 24.4. The monoisotopic (exact) mass is 1030 g/mol. The average Bonchev–Trinajstić information content (AvgIpc) is 3.58. The van der Waals surface area contributed by atoms with Gasteiger partial charge in [0.15, 0.2) is 0 Å². The maximum atomic E-state index is 13.2. The predicted molar refractivity (Wildman–Crippen MR) is 267 cm³/mol. The summed E-state index contributed by atoms with van der Waals surface area (Å²) in [5, 5.41) is 6.68. The number of hydroxylamine groups is 2. The highest BCUT2D eigenvalue weighted by Crippen LogP contribution is 2.28. The molecule has 0 saturated heterocycles. The van der Waals surface area contributed by atoms with Crippen LogP contribution in [0.5, 0.6) is 0 Å². The molecular weight excluding hydrogens is 959 g/mol. The zero-order chi connectivity index (χ0) is 52.6. The van der Waals surface area contributed by atoms with E-state index >= 15 is 0 Å². The number of fused-ring (bicyclic) bond motifs is 1. The zero-order valence-corrected chi connectivity index (χ0v) is 42.3. The Kier molecular flexibility index (Phi) is 33.7. The summed E-state index contributed by atoms with van der Waals surface area (Å²) in [7, 11) is 0. The number of hydrogen-bond acceptors (Lipinski definition) is 21. The molecule has 1 aromatic rings. The molecule has 6 N–H and O–H groups in total. The smallest absolute Gasteiger partial charge is 0.273 e. The average molecular weight is 1030 g/mol. The molecule has 2 aliphatic heterocycles. The standard InChI is InChI=1S/C48H75N9O16/c1-3-9-57(73-4-2)48(62)38-30-41-42(55-43(50)32-38)31-39(35-54-41)40(33-49)34-51-36-44(58)52-7-10-63-12-14-65-16-18-67-20-22-69-24-26-71-28-29-72-27-25-70-23-21-68-19-17-66-15-13-64-11-8-53-45(59)37-56-46(60)5-6-47(56)61/h5-6,30-31,33-35H,3-4,7-29,32,36-37,49H2,1-2H3,(H2,50,55)(H,52,58)(H,53,59)/b40-33+,51-34?. The molecule has 2 aliphatic rings. The number of carbonyl (C=O) groups excluding carboxylic acids is 5. The van der Waals surface area contributed by atoms with Gasteiger partial charge in [-0.1, -0.05) is 6.92 Å². The Hall–Kier alpha value is -5.58. The molecule has 0 radical (unpaired) electrons. The Morgan fingerprint density at radius 1 is 0.699 bits per heavy atom. The van der Waals surface area contributed by atoms with Crippen LogP contribution in [0.1, 0.15) is 37.9 Å². The van der Waals surface area contributed by atoms with E-state index in [4.69, 9.17) is 63.7 Å². The van der Waals surface area contributed by atoms with Gasteiger partial charge in [-0.15, -0.1) is 0 Å². The van der Waals surface area contributed by atoms with Crippen LogP contribution in [0.2, 0.25) is 0 Å². The highest BCUT2D eigenvalue weighted by atomic mass is 16.7. The van der Waals surface area contributed by atoms with Crippen molar-refractivity contribution in [2.75, 3.05) is 171 Å². The minimum Gasteiger partial charge on any atom is -0.404 e. The fraction of sp³-hybridized carbons (Fsp3) is 0.625. The quantitative estimate of drug-likeness (QED) is 0.0283. The van der Waals surface area contributed by atoms with Crippen molar-refractivity contribution in [3.63, 3.8) is 0 Å². The Morgan fingerprint density at radius 2 is 1.15 bits per heavy atom. The molecule has 0 aliphatic carbocycles. The number of aromatic nitrogens is 1. The third kappa shape index (κ3) is 27.9. The summed E-state index contributed by atoms with van der Waals surface area (Å²) >= 11 is 0. The lowest BCUT2D eigenvalue weighted by atomic mass is 10.1. The molecule has 73 heavy (non-hydrogen) atoms. The van der Waals surface area contributed by atoms with Gasteiger partial charge in [-0.05, 0) is 25.5 Å². The molecule has 0 atom stereocenters. The van der Waals surface area contributed by atoms with Crippen LogP contribution in [0.25, 0.3) is 11.6 Å². The number of pyridine rings is 1. The summed E-state index contributed by atoms with van der Waals surface area (Å²) in [4.78, 5) is 79.8. The first kappa shape index (κ1) is 61.7. The molecule has 0 spiro atoms. The highest BCUT2D eigenvalue weighted by Gasteiger charge is 2.26. The van der Waals surface area contributed by atoms with Crippen molar-refractivity contribution in [1.29, 1.82) is 0 Å². The van der Waals surface area contributed by atoms with Crippen molar-refractivity contribution >= 4 is 58.9 Å². The SMILES string of the molecule is CCCN(OCC)C(=O)C1=Cc2ncc(/C(C=NCC(=O)NCCOCCOCCOCCOCCOCCOCCOCCOCCOCCOCCNC(=O)CN3C(=O)C=CC3=O)=C/N)cc2N=C(N)C1. The van der Waals surface area contributed by atoms with Gasteiger partial charge in [-0.2, -0.15) is 0 Å². The molecule has 0 aromatic carbocycles. The Labute approximate surface area is 426 Å². The van der Waals surface area contributed by atoms with Crippen molar-refractivity contribution in [1.82, 2.24) is 25.6 Å². The van der Waals surface area contributed by atoms with Gasteiger partial charge in [0.1, 0.15) is 18.9 Å². The lowest BCUT2D eigenvalue weighted by molar-refractivity contribution is -0.180. The number of imide groups is 1. The molecule has 0 unspecified atom stereocenters. The molecule has 0 saturated carbocycles. The maximum Gasteiger partial charge on any atom is 0.273 e. The number of ether oxygens (including phenoxy) is 10. The van der Waals surface area contributed by atoms with Crippen molar-refractivity contribution in [2.24, 2.45) is 21.5 Å². The number of carbonyl (C=O) groups is 5. The molecule has 0 bridgehead atoms. The van der Waals surface area contributed by atoms with E-state index in [1.165, 1.54) is 17.5 Å². The first-order valence-corrected chi connectivity index (χ1v) is 24.4. The second-order valence-corrected chi connectivity index (χ2v) is 15.4. The number of amides is 5. The molecular formula is C48H75N9O16. The number of hydrogen-bond donors (Lipinski definition) is 4. The van der Waals surface area contributed by atoms with Crippen LogP contribution in [-0.2, 0) is 76.2 Å². The van der Waals surface area contributed by atoms with Crippen LogP contribution < -0.4 is 22.1 Å². The number of aliphatic imine (C=N–C) groups is 2. The highest BCUT2D eigenvalue weighted by molar-refractivity contribution is 6.14. The molecule has 3 heterocycles. The fourth-order valence-electron chi connectivity index (χ4n) is 6.20. The number of nitrogens with one attached hydrogen (secondary N) is 2. The topological polar surface area (TPSA) is 307 Å². The number of amidine groups is 1. The van der Waals surface area contributed by atoms with Crippen molar-refractivity contribution in [3.8, 4) is 0 Å². The minimum absolute atomic E-state index is 0.119. The lowest BCUT2D eigenvalue weighted by Crippen LogP contribution is -2.41. The van der Waals surface area contributed by atoms with E-state index < -0.39 is 17.7 Å². The van der Waals surface area contributed by atoms with Crippen LogP contribution in [0.4, 0.5) is 5.69 Å². The van der Waals surface area contributed by atoms with Gasteiger partial charge in [0, 0.05) is 73.5 Å². The van der Waals surface area contributed by atoms with E-state index in [0.717, 1.165) is 23.5 Å². The Morgan fingerprint density at radius 3 is 1.59 bits per heavy atom. The van der Waals surface area contributed by atoms with Gasteiger partial charge in [0.05, 0.1) is 150 Å². The van der Waals surface area contributed by atoms with Gasteiger partial charge in [0.25, 0.3) is 17.7 Å². The number of allylic oxidation sites excluding steroid dienone is 1. The number of rotatable bonds is 44. The normalized spacial score (nSPS) is 13.6. The van der Waals surface area contributed by atoms with E-state index in [9.17, 15) is 24.0 Å². The first-order chi connectivity index (χ1) is 35.7. The number of nitrogens with two attached hydrogens (primary N) is 2. The van der Waals surface area contributed by atoms with E-state index in [0.29, 0.717) is 173 Å². The Balaban J connectivity index is 1.02. The summed E-state index contributed by atoms with van der Waals surface area (Å²) in [5.74, 6) is -1.75. The van der Waals surface area contributed by atoms with Crippen molar-refractivity contribution < 1.29 is 76.2 Å². The van der Waals surface area contributed by atoms with Gasteiger partial charge < -0.3 is 69.5 Å². The summed E-state index contributed by atoms with van der Waals surface area (Å²) in [5.41, 5.74) is 14.6. The molecule has 408 valence electrons. The lowest BCUT2D eigenvalue weighted by Gasteiger charge is -2.21. The summed E-state index contributed by atoms with van der Waals surface area (Å²) < 4.78 is 54.8. The summed E-state index contributed by atoms with van der Waals surface area (Å²) in [6.07, 6.45) is 9.24. The Bertz CT molecular complexity index is 1930. The molecule has 5 amide bonds. The third-order valence-corrected chi connectivity index (χ3v) is 9.72. The van der Waals surface area contributed by atoms with Crippen molar-refractivity contribution in [2.45, 2.75) is 26.7 Å². The third-order valence-electron chi connectivity index (χ3n) is 9.72. The molecule has 3 rings (SSSR count). The molecule has 25 nitrogen and oxygen atoms in total. The van der Waals surface area contributed by atoms with Crippen LogP contribution in [-0.4, -0.2) is 228 Å². The maximum absolute atomic E-state index is 13.2. The summed E-state index contributed by atoms with van der Waals surface area (Å²) in [6, 6.07) is 1.75. The number of nitrogens with zero attached hydrogens (tertiary/aromatic N) is 5.